The minimum Gasteiger partial charge on any atom is -0.395 e. The number of hydrogen-bond donors (Lipinski definition) is 2. The van der Waals surface area contributed by atoms with Gasteiger partial charge < -0.3 is 10.4 Å². The van der Waals surface area contributed by atoms with Gasteiger partial charge in [0.1, 0.15) is 0 Å². The van der Waals surface area contributed by atoms with Crippen LogP contribution in [0.3, 0.4) is 0 Å². The normalized spacial score (nSPS) is 18.1. The average molecular weight is 382 g/mol. The number of aliphatic hydroxyl groups is 1. The molecule has 1 amide bonds. The van der Waals surface area contributed by atoms with E-state index in [4.69, 9.17) is 0 Å². The SMILES string of the molecule is CCC[C@H](C(=O)NCc1ccccc1CN1CCC[C@@H]1CO)c1ccccn1. The second-order valence-electron chi connectivity index (χ2n) is 7.53. The molecule has 5 heteroatoms. The van der Waals surface area contributed by atoms with E-state index in [1.807, 2.05) is 30.3 Å². The number of aliphatic hydroxyl groups excluding tert-OH is 1. The number of rotatable bonds is 9. The van der Waals surface area contributed by atoms with Crippen LogP contribution in [0, 0.1) is 0 Å². The van der Waals surface area contributed by atoms with Crippen LogP contribution in [0.1, 0.15) is 55.3 Å². The molecule has 2 N–H and O–H groups in total. The molecule has 2 aromatic rings. The van der Waals surface area contributed by atoms with Crippen molar-refractivity contribution in [3.8, 4) is 0 Å². The lowest BCUT2D eigenvalue weighted by atomic mass is 9.97. The van der Waals surface area contributed by atoms with Crippen molar-refractivity contribution in [3.05, 3.63) is 65.5 Å². The molecule has 1 aliphatic heterocycles. The summed E-state index contributed by atoms with van der Waals surface area (Å²) in [5.41, 5.74) is 3.18. The fraction of sp³-hybridized carbons (Fsp3) is 0.478. The maximum atomic E-state index is 12.9. The van der Waals surface area contributed by atoms with Gasteiger partial charge in [0.05, 0.1) is 18.2 Å². The number of pyridine rings is 1. The van der Waals surface area contributed by atoms with Crippen molar-refractivity contribution in [2.75, 3.05) is 13.2 Å². The van der Waals surface area contributed by atoms with Gasteiger partial charge in [0.25, 0.3) is 0 Å². The lowest BCUT2D eigenvalue weighted by Gasteiger charge is -2.24. The number of aromatic nitrogens is 1. The largest absolute Gasteiger partial charge is 0.395 e. The zero-order chi connectivity index (χ0) is 19.8. The Balaban J connectivity index is 1.66. The molecule has 1 aromatic carbocycles. The van der Waals surface area contributed by atoms with Crippen molar-refractivity contribution >= 4 is 5.91 Å². The van der Waals surface area contributed by atoms with Crippen LogP contribution >= 0.6 is 0 Å². The van der Waals surface area contributed by atoms with Gasteiger partial charge >= 0.3 is 0 Å². The van der Waals surface area contributed by atoms with Gasteiger partial charge in [-0.3, -0.25) is 14.7 Å². The van der Waals surface area contributed by atoms with Crippen molar-refractivity contribution in [2.45, 2.75) is 57.7 Å². The van der Waals surface area contributed by atoms with Gasteiger partial charge in [0.2, 0.25) is 5.91 Å². The zero-order valence-corrected chi connectivity index (χ0v) is 16.7. The van der Waals surface area contributed by atoms with E-state index in [9.17, 15) is 9.90 Å². The summed E-state index contributed by atoms with van der Waals surface area (Å²) in [5.74, 6) is -0.180. The summed E-state index contributed by atoms with van der Waals surface area (Å²) in [4.78, 5) is 19.6. The number of nitrogens with one attached hydrogen (secondary N) is 1. The molecular weight excluding hydrogens is 350 g/mol. The van der Waals surface area contributed by atoms with E-state index < -0.39 is 0 Å². The van der Waals surface area contributed by atoms with Gasteiger partial charge in [0.15, 0.2) is 0 Å². The summed E-state index contributed by atoms with van der Waals surface area (Å²) in [5, 5.41) is 12.7. The van der Waals surface area contributed by atoms with Gasteiger partial charge in [-0.05, 0) is 49.1 Å². The lowest BCUT2D eigenvalue weighted by Crippen LogP contribution is -2.33. The number of likely N-dealkylation sites (tertiary alicyclic amines) is 1. The molecule has 1 saturated heterocycles. The monoisotopic (exact) mass is 381 g/mol. The van der Waals surface area contributed by atoms with Crippen LogP contribution in [-0.2, 0) is 17.9 Å². The number of carbonyl (C=O) groups is 1. The molecule has 0 bridgehead atoms. The topological polar surface area (TPSA) is 65.5 Å². The van der Waals surface area contributed by atoms with Crippen molar-refractivity contribution in [2.24, 2.45) is 0 Å². The average Bonchev–Trinajstić information content (AvgIpc) is 3.19. The summed E-state index contributed by atoms with van der Waals surface area (Å²) < 4.78 is 0. The third kappa shape index (κ3) is 5.18. The molecule has 1 fully saturated rings. The number of hydrogen-bond acceptors (Lipinski definition) is 4. The molecule has 0 aliphatic carbocycles. The second kappa shape index (κ2) is 10.3. The van der Waals surface area contributed by atoms with Crippen LogP contribution in [0.25, 0.3) is 0 Å². The summed E-state index contributed by atoms with van der Waals surface area (Å²) in [6.07, 6.45) is 5.65. The molecule has 0 spiro atoms. The molecule has 1 aromatic heterocycles. The minimum absolute atomic E-state index is 0.0322. The highest BCUT2D eigenvalue weighted by Gasteiger charge is 2.25. The molecule has 150 valence electrons. The summed E-state index contributed by atoms with van der Waals surface area (Å²) >= 11 is 0. The number of carbonyl (C=O) groups excluding carboxylic acids is 1. The van der Waals surface area contributed by atoms with Crippen LogP contribution < -0.4 is 5.32 Å². The fourth-order valence-electron chi connectivity index (χ4n) is 4.00. The minimum atomic E-state index is -0.212. The second-order valence-corrected chi connectivity index (χ2v) is 7.53. The number of amides is 1. The quantitative estimate of drug-likeness (QED) is 0.700. The Morgan fingerprint density at radius 2 is 2.04 bits per heavy atom. The first-order valence-electron chi connectivity index (χ1n) is 10.3. The molecule has 0 saturated carbocycles. The number of benzene rings is 1. The van der Waals surface area contributed by atoms with Gasteiger partial charge in [-0.15, -0.1) is 0 Å². The van der Waals surface area contributed by atoms with E-state index in [-0.39, 0.29) is 24.5 Å². The van der Waals surface area contributed by atoms with Crippen LogP contribution in [0.5, 0.6) is 0 Å². The van der Waals surface area contributed by atoms with Crippen molar-refractivity contribution in [1.29, 1.82) is 0 Å². The molecule has 0 unspecified atom stereocenters. The predicted octanol–water partition coefficient (Wildman–Crippen LogP) is 3.24. The molecule has 28 heavy (non-hydrogen) atoms. The highest BCUT2D eigenvalue weighted by atomic mass is 16.3. The first-order chi connectivity index (χ1) is 13.7. The maximum absolute atomic E-state index is 12.9. The standard InChI is InChI=1S/C23H31N3O2/c1-2-8-21(22-12-5-6-13-24-22)23(28)25-15-18-9-3-4-10-19(18)16-26-14-7-11-20(26)17-27/h3-6,9-10,12-13,20-21,27H,2,7-8,11,14-17H2,1H3,(H,25,28)/t20-,21+/m1/s1. The van der Waals surface area contributed by atoms with Gasteiger partial charge in [-0.1, -0.05) is 43.7 Å². The highest BCUT2D eigenvalue weighted by molar-refractivity contribution is 5.83. The van der Waals surface area contributed by atoms with Crippen LogP contribution in [0.15, 0.2) is 48.7 Å². The Kier molecular flexibility index (Phi) is 7.57. The summed E-state index contributed by atoms with van der Waals surface area (Å²) in [7, 11) is 0. The Hall–Kier alpha value is -2.24. The summed E-state index contributed by atoms with van der Waals surface area (Å²) in [6, 6.07) is 14.2. The molecule has 5 nitrogen and oxygen atoms in total. The van der Waals surface area contributed by atoms with E-state index in [0.29, 0.717) is 6.54 Å². The Morgan fingerprint density at radius 3 is 2.75 bits per heavy atom. The molecular formula is C23H31N3O2. The van der Waals surface area contributed by atoms with E-state index in [1.54, 1.807) is 6.20 Å². The number of nitrogens with zero attached hydrogens (tertiary/aromatic N) is 2. The predicted molar refractivity (Wildman–Crippen MR) is 111 cm³/mol. The molecule has 2 atom stereocenters. The van der Waals surface area contributed by atoms with Crippen molar-refractivity contribution in [1.82, 2.24) is 15.2 Å². The van der Waals surface area contributed by atoms with E-state index in [2.05, 4.69) is 34.3 Å². The Morgan fingerprint density at radius 1 is 1.25 bits per heavy atom. The van der Waals surface area contributed by atoms with Crippen LogP contribution in [-0.4, -0.2) is 40.1 Å². The maximum Gasteiger partial charge on any atom is 0.229 e. The zero-order valence-electron chi connectivity index (χ0n) is 16.7. The van der Waals surface area contributed by atoms with Crippen molar-refractivity contribution < 1.29 is 9.90 Å². The smallest absolute Gasteiger partial charge is 0.229 e. The summed E-state index contributed by atoms with van der Waals surface area (Å²) in [6.45, 7) is 4.65. The van der Waals surface area contributed by atoms with E-state index in [0.717, 1.165) is 50.0 Å². The van der Waals surface area contributed by atoms with Crippen LogP contribution in [0.4, 0.5) is 0 Å². The Labute approximate surface area is 167 Å². The molecule has 1 aliphatic rings. The lowest BCUT2D eigenvalue weighted by molar-refractivity contribution is -0.123. The van der Waals surface area contributed by atoms with Crippen molar-refractivity contribution in [3.63, 3.8) is 0 Å². The van der Waals surface area contributed by atoms with E-state index in [1.165, 1.54) is 5.56 Å². The molecule has 2 heterocycles. The van der Waals surface area contributed by atoms with E-state index >= 15 is 0 Å². The molecule has 0 radical (unpaired) electrons. The van der Waals surface area contributed by atoms with Crippen LogP contribution in [0.2, 0.25) is 0 Å². The third-order valence-corrected chi connectivity index (χ3v) is 5.59. The molecule has 3 rings (SSSR count). The Bertz CT molecular complexity index is 751. The van der Waals surface area contributed by atoms with Gasteiger partial charge in [-0.25, -0.2) is 0 Å². The first kappa shape index (κ1) is 20.5. The highest BCUT2D eigenvalue weighted by Crippen LogP contribution is 2.22. The third-order valence-electron chi connectivity index (χ3n) is 5.59. The van der Waals surface area contributed by atoms with Gasteiger partial charge in [-0.2, -0.15) is 0 Å². The first-order valence-corrected chi connectivity index (χ1v) is 10.3. The van der Waals surface area contributed by atoms with Gasteiger partial charge in [0, 0.05) is 25.3 Å². The fourth-order valence-corrected chi connectivity index (χ4v) is 4.00.